The van der Waals surface area contributed by atoms with E-state index in [1.165, 1.54) is 19.3 Å². The van der Waals surface area contributed by atoms with Crippen LogP contribution >= 0.6 is 0 Å². The average molecular weight is 295 g/mol. The summed E-state index contributed by atoms with van der Waals surface area (Å²) in [6.45, 7) is 3.88. The Hall–Kier alpha value is -1.59. The maximum absolute atomic E-state index is 10.9. The van der Waals surface area contributed by atoms with Gasteiger partial charge in [0.2, 0.25) is 0 Å². The molecule has 0 radical (unpaired) electrons. The van der Waals surface area contributed by atoms with E-state index in [1.807, 2.05) is 4.68 Å². The molecule has 21 heavy (non-hydrogen) atoms. The second kappa shape index (κ2) is 11.1. The molecule has 0 aliphatic rings. The highest BCUT2D eigenvalue weighted by Crippen LogP contribution is 2.05. The standard InChI is InChI=1S/C15H29N5O/c1-3-4-7-10-14-13-20(19-18-14)12-9-6-5-8-11-17-15(21)16-2/h13H,3-12H2,1-2H3,(H2,16,17,21). The van der Waals surface area contributed by atoms with Crippen LogP contribution in [0.25, 0.3) is 0 Å². The first-order chi connectivity index (χ1) is 10.3. The van der Waals surface area contributed by atoms with Crippen molar-refractivity contribution in [2.75, 3.05) is 13.6 Å². The number of nitrogens with zero attached hydrogens (tertiary/aromatic N) is 3. The minimum atomic E-state index is -0.104. The van der Waals surface area contributed by atoms with Crippen molar-refractivity contribution in [3.63, 3.8) is 0 Å². The molecular formula is C15H29N5O. The number of aromatic nitrogens is 3. The fraction of sp³-hybridized carbons (Fsp3) is 0.800. The van der Waals surface area contributed by atoms with Gasteiger partial charge in [-0.15, -0.1) is 5.10 Å². The molecule has 0 fully saturated rings. The molecule has 0 saturated heterocycles. The fourth-order valence-electron chi connectivity index (χ4n) is 2.16. The van der Waals surface area contributed by atoms with E-state index < -0.39 is 0 Å². The van der Waals surface area contributed by atoms with Crippen LogP contribution in [0.5, 0.6) is 0 Å². The van der Waals surface area contributed by atoms with Gasteiger partial charge in [0.05, 0.1) is 5.69 Å². The molecule has 2 N–H and O–H groups in total. The lowest BCUT2D eigenvalue weighted by Crippen LogP contribution is -2.33. The number of nitrogens with one attached hydrogen (secondary N) is 2. The third-order valence-electron chi connectivity index (χ3n) is 3.45. The molecule has 2 amide bonds. The highest BCUT2D eigenvalue weighted by molar-refractivity contribution is 5.73. The number of hydrogen-bond donors (Lipinski definition) is 2. The number of aryl methyl sites for hydroxylation is 2. The van der Waals surface area contributed by atoms with Crippen LogP contribution in [0.1, 0.15) is 57.6 Å². The monoisotopic (exact) mass is 295 g/mol. The predicted molar refractivity (Wildman–Crippen MR) is 84.2 cm³/mol. The molecule has 0 aliphatic heterocycles. The van der Waals surface area contributed by atoms with Crippen LogP contribution in [-0.2, 0) is 13.0 Å². The molecule has 0 unspecified atom stereocenters. The fourth-order valence-corrected chi connectivity index (χ4v) is 2.16. The second-order valence-electron chi connectivity index (χ2n) is 5.35. The van der Waals surface area contributed by atoms with E-state index in [4.69, 9.17) is 0 Å². The van der Waals surface area contributed by atoms with Crippen LogP contribution in [0.2, 0.25) is 0 Å². The molecule has 0 aromatic carbocycles. The van der Waals surface area contributed by atoms with E-state index in [0.717, 1.165) is 50.9 Å². The van der Waals surface area contributed by atoms with E-state index in [1.54, 1.807) is 7.05 Å². The number of carbonyl (C=O) groups excluding carboxylic acids is 1. The van der Waals surface area contributed by atoms with Gasteiger partial charge in [0.1, 0.15) is 0 Å². The van der Waals surface area contributed by atoms with Gasteiger partial charge >= 0.3 is 6.03 Å². The predicted octanol–water partition coefficient (Wildman–Crippen LogP) is 2.50. The Morgan fingerprint density at radius 1 is 1.19 bits per heavy atom. The molecule has 1 aromatic heterocycles. The Morgan fingerprint density at radius 2 is 2.00 bits per heavy atom. The van der Waals surface area contributed by atoms with Crippen LogP contribution < -0.4 is 10.6 Å². The quantitative estimate of drug-likeness (QED) is 0.616. The molecule has 1 aromatic rings. The molecule has 0 bridgehead atoms. The number of urea groups is 1. The Bertz CT molecular complexity index is 391. The number of carbonyl (C=O) groups is 1. The van der Waals surface area contributed by atoms with Crippen LogP contribution in [0.4, 0.5) is 4.79 Å². The van der Waals surface area contributed by atoms with Crippen molar-refractivity contribution in [3.8, 4) is 0 Å². The molecule has 120 valence electrons. The first-order valence-corrected chi connectivity index (χ1v) is 8.11. The highest BCUT2D eigenvalue weighted by Gasteiger charge is 2.00. The van der Waals surface area contributed by atoms with Crippen LogP contribution in [0, 0.1) is 0 Å². The molecular weight excluding hydrogens is 266 g/mol. The third-order valence-corrected chi connectivity index (χ3v) is 3.45. The zero-order chi connectivity index (χ0) is 15.3. The summed E-state index contributed by atoms with van der Waals surface area (Å²) < 4.78 is 1.95. The molecule has 0 saturated carbocycles. The first-order valence-electron chi connectivity index (χ1n) is 8.11. The molecule has 6 heteroatoms. The average Bonchev–Trinajstić information content (AvgIpc) is 2.94. The topological polar surface area (TPSA) is 71.8 Å². The summed E-state index contributed by atoms with van der Waals surface area (Å²) in [4.78, 5) is 10.9. The largest absolute Gasteiger partial charge is 0.341 e. The lowest BCUT2D eigenvalue weighted by molar-refractivity contribution is 0.242. The van der Waals surface area contributed by atoms with E-state index in [9.17, 15) is 4.79 Å². The molecule has 1 heterocycles. The minimum absolute atomic E-state index is 0.104. The van der Waals surface area contributed by atoms with Gasteiger partial charge in [0, 0.05) is 26.3 Å². The molecule has 6 nitrogen and oxygen atoms in total. The lowest BCUT2D eigenvalue weighted by Gasteiger charge is -2.04. The number of rotatable bonds is 11. The van der Waals surface area contributed by atoms with Gasteiger partial charge in [0.15, 0.2) is 0 Å². The summed E-state index contributed by atoms with van der Waals surface area (Å²) in [6.07, 6.45) is 11.2. The smallest absolute Gasteiger partial charge is 0.314 e. The highest BCUT2D eigenvalue weighted by atomic mass is 16.2. The van der Waals surface area contributed by atoms with Crippen molar-refractivity contribution in [2.24, 2.45) is 0 Å². The van der Waals surface area contributed by atoms with Gasteiger partial charge in [-0.05, 0) is 25.7 Å². The van der Waals surface area contributed by atoms with Crippen LogP contribution in [0.3, 0.4) is 0 Å². The lowest BCUT2D eigenvalue weighted by atomic mass is 10.2. The minimum Gasteiger partial charge on any atom is -0.341 e. The Morgan fingerprint density at radius 3 is 2.76 bits per heavy atom. The van der Waals surface area contributed by atoms with Crippen molar-refractivity contribution in [3.05, 3.63) is 11.9 Å². The summed E-state index contributed by atoms with van der Waals surface area (Å²) in [5.41, 5.74) is 1.11. The number of unbranched alkanes of at least 4 members (excludes halogenated alkanes) is 5. The second-order valence-corrected chi connectivity index (χ2v) is 5.35. The maximum Gasteiger partial charge on any atom is 0.314 e. The summed E-state index contributed by atoms with van der Waals surface area (Å²) in [5, 5.41) is 13.7. The summed E-state index contributed by atoms with van der Waals surface area (Å²) >= 11 is 0. The summed E-state index contributed by atoms with van der Waals surface area (Å²) in [6, 6.07) is -0.104. The van der Waals surface area contributed by atoms with Crippen LogP contribution in [-0.4, -0.2) is 34.6 Å². The van der Waals surface area contributed by atoms with Gasteiger partial charge in [0.25, 0.3) is 0 Å². The van der Waals surface area contributed by atoms with Crippen LogP contribution in [0.15, 0.2) is 6.20 Å². The zero-order valence-corrected chi connectivity index (χ0v) is 13.4. The molecule has 1 rings (SSSR count). The Balaban J connectivity index is 2.01. The Kier molecular flexibility index (Phi) is 9.24. The van der Waals surface area contributed by atoms with Gasteiger partial charge < -0.3 is 10.6 Å². The maximum atomic E-state index is 10.9. The number of hydrogen-bond acceptors (Lipinski definition) is 3. The van der Waals surface area contributed by atoms with E-state index in [0.29, 0.717) is 0 Å². The van der Waals surface area contributed by atoms with Crippen molar-refractivity contribution in [1.29, 1.82) is 0 Å². The van der Waals surface area contributed by atoms with Gasteiger partial charge in [-0.1, -0.05) is 37.8 Å². The van der Waals surface area contributed by atoms with Crippen molar-refractivity contribution < 1.29 is 4.79 Å². The van der Waals surface area contributed by atoms with Gasteiger partial charge in [-0.2, -0.15) is 0 Å². The first kappa shape index (κ1) is 17.5. The third kappa shape index (κ3) is 8.32. The van der Waals surface area contributed by atoms with Gasteiger partial charge in [-0.25, -0.2) is 4.79 Å². The van der Waals surface area contributed by atoms with E-state index in [2.05, 4.69) is 34.1 Å². The summed E-state index contributed by atoms with van der Waals surface area (Å²) in [7, 11) is 1.63. The van der Waals surface area contributed by atoms with Gasteiger partial charge in [-0.3, -0.25) is 4.68 Å². The normalized spacial score (nSPS) is 10.6. The van der Waals surface area contributed by atoms with Crippen molar-refractivity contribution >= 4 is 6.03 Å². The van der Waals surface area contributed by atoms with E-state index >= 15 is 0 Å². The SMILES string of the molecule is CCCCCc1cn(CCCCCCNC(=O)NC)nn1. The Labute approximate surface area is 127 Å². The molecule has 0 spiro atoms. The van der Waals surface area contributed by atoms with E-state index in [-0.39, 0.29) is 6.03 Å². The summed E-state index contributed by atoms with van der Waals surface area (Å²) in [5.74, 6) is 0. The van der Waals surface area contributed by atoms with Crippen molar-refractivity contribution in [1.82, 2.24) is 25.6 Å². The van der Waals surface area contributed by atoms with Crippen molar-refractivity contribution in [2.45, 2.75) is 64.8 Å². The molecule has 0 aliphatic carbocycles. The zero-order valence-electron chi connectivity index (χ0n) is 13.4. The number of amides is 2. The molecule has 0 atom stereocenters.